The summed E-state index contributed by atoms with van der Waals surface area (Å²) in [6, 6.07) is 17.4. The number of para-hydroxylation sites is 1. The van der Waals surface area contributed by atoms with E-state index in [1.54, 1.807) is 33.5 Å². The number of benzene rings is 3. The first kappa shape index (κ1) is 24.3. The molecule has 3 aromatic rings. The van der Waals surface area contributed by atoms with Crippen LogP contribution in [-0.4, -0.2) is 32.0 Å². The van der Waals surface area contributed by atoms with Gasteiger partial charge in [0.25, 0.3) is 5.69 Å². The first-order valence-electron chi connectivity index (χ1n) is 10.5. The zero-order chi connectivity index (χ0) is 24.5. The lowest BCUT2D eigenvalue weighted by Gasteiger charge is -2.13. The molecule has 7 heteroatoms. The van der Waals surface area contributed by atoms with Gasteiger partial charge in [0, 0.05) is 6.07 Å². The summed E-state index contributed by atoms with van der Waals surface area (Å²) in [5.74, 6) is 1.24. The second kappa shape index (κ2) is 11.5. The molecule has 0 fully saturated rings. The van der Waals surface area contributed by atoms with Crippen LogP contribution in [0.3, 0.4) is 0 Å². The molecule has 3 rings (SSSR count). The highest BCUT2D eigenvalue weighted by molar-refractivity contribution is 6.07. The van der Waals surface area contributed by atoms with Crippen molar-refractivity contribution in [1.29, 1.82) is 0 Å². The maximum atomic E-state index is 12.5. The SMILES string of the molecule is COc1cc(/C=C\c2ccccc2C/C=C\C(=O)c2ccccc2[N+](=O)[O-])cc(OC)c1OC. The van der Waals surface area contributed by atoms with Gasteiger partial charge in [0.2, 0.25) is 5.75 Å². The Labute approximate surface area is 198 Å². The molecule has 34 heavy (non-hydrogen) atoms. The third-order valence-corrected chi connectivity index (χ3v) is 5.17. The number of rotatable bonds is 10. The van der Waals surface area contributed by atoms with E-state index < -0.39 is 10.7 Å². The number of carbonyl (C=O) groups excluding carboxylic acids is 1. The highest BCUT2D eigenvalue weighted by Gasteiger charge is 2.17. The number of carbonyl (C=O) groups is 1. The van der Waals surface area contributed by atoms with E-state index in [4.69, 9.17) is 14.2 Å². The van der Waals surface area contributed by atoms with Gasteiger partial charge in [-0.2, -0.15) is 0 Å². The van der Waals surface area contributed by atoms with Gasteiger partial charge in [-0.05, 0) is 47.4 Å². The molecule has 0 aliphatic heterocycles. The molecular weight excluding hydrogens is 434 g/mol. The largest absolute Gasteiger partial charge is 0.493 e. The van der Waals surface area contributed by atoms with Crippen molar-refractivity contribution in [1.82, 2.24) is 0 Å². The highest BCUT2D eigenvalue weighted by atomic mass is 16.6. The summed E-state index contributed by atoms with van der Waals surface area (Å²) in [7, 11) is 4.69. The number of hydrogen-bond acceptors (Lipinski definition) is 6. The van der Waals surface area contributed by atoms with Gasteiger partial charge in [-0.1, -0.05) is 54.6 Å². The fourth-order valence-electron chi connectivity index (χ4n) is 3.49. The lowest BCUT2D eigenvalue weighted by atomic mass is 10.0. The van der Waals surface area contributed by atoms with Crippen molar-refractivity contribution in [3.63, 3.8) is 0 Å². The van der Waals surface area contributed by atoms with Crippen LogP contribution in [0.2, 0.25) is 0 Å². The molecule has 0 N–H and O–H groups in total. The molecule has 0 saturated carbocycles. The third kappa shape index (κ3) is 5.69. The third-order valence-electron chi connectivity index (χ3n) is 5.17. The van der Waals surface area contributed by atoms with Crippen molar-refractivity contribution >= 4 is 23.6 Å². The first-order chi connectivity index (χ1) is 16.5. The Balaban J connectivity index is 1.80. The fourth-order valence-corrected chi connectivity index (χ4v) is 3.49. The van der Waals surface area contributed by atoms with Crippen molar-refractivity contribution in [3.05, 3.63) is 105 Å². The Bertz CT molecular complexity index is 1220. The number of methoxy groups -OCH3 is 3. The van der Waals surface area contributed by atoms with E-state index in [0.717, 1.165) is 16.7 Å². The molecule has 0 unspecified atom stereocenters. The van der Waals surface area contributed by atoms with Crippen molar-refractivity contribution < 1.29 is 23.9 Å². The normalized spacial score (nSPS) is 11.0. The van der Waals surface area contributed by atoms with E-state index in [1.807, 2.05) is 48.6 Å². The van der Waals surface area contributed by atoms with Crippen LogP contribution in [0.25, 0.3) is 12.2 Å². The lowest BCUT2D eigenvalue weighted by molar-refractivity contribution is -0.385. The van der Waals surface area contributed by atoms with Crippen LogP contribution in [0.1, 0.15) is 27.0 Å². The Kier molecular flexibility index (Phi) is 8.18. The number of hydrogen-bond donors (Lipinski definition) is 0. The molecule has 0 spiro atoms. The van der Waals surface area contributed by atoms with Gasteiger partial charge in [0.15, 0.2) is 17.3 Å². The van der Waals surface area contributed by atoms with Crippen molar-refractivity contribution in [3.8, 4) is 17.2 Å². The Hall–Kier alpha value is -4.39. The fraction of sp³-hybridized carbons (Fsp3) is 0.148. The van der Waals surface area contributed by atoms with Gasteiger partial charge in [-0.15, -0.1) is 0 Å². The van der Waals surface area contributed by atoms with Gasteiger partial charge in [0.1, 0.15) is 0 Å². The smallest absolute Gasteiger partial charge is 0.280 e. The van der Waals surface area contributed by atoms with Crippen molar-refractivity contribution in [2.75, 3.05) is 21.3 Å². The minimum Gasteiger partial charge on any atom is -0.493 e. The molecule has 0 atom stereocenters. The van der Waals surface area contributed by atoms with Crippen LogP contribution in [-0.2, 0) is 6.42 Å². The van der Waals surface area contributed by atoms with E-state index in [9.17, 15) is 14.9 Å². The van der Waals surface area contributed by atoms with Gasteiger partial charge < -0.3 is 14.2 Å². The van der Waals surface area contributed by atoms with E-state index in [1.165, 1.54) is 24.3 Å². The zero-order valence-electron chi connectivity index (χ0n) is 19.2. The number of ether oxygens (including phenoxy) is 3. The average molecular weight is 459 g/mol. The summed E-state index contributed by atoms with van der Waals surface area (Å²) in [6.45, 7) is 0. The topological polar surface area (TPSA) is 87.9 Å². The molecule has 0 aliphatic rings. The number of allylic oxidation sites excluding steroid dienone is 2. The van der Waals surface area contributed by atoms with Crippen LogP contribution in [0.5, 0.6) is 17.2 Å². The average Bonchev–Trinajstić information content (AvgIpc) is 2.87. The molecule has 3 aromatic carbocycles. The van der Waals surface area contributed by atoms with Crippen LogP contribution >= 0.6 is 0 Å². The van der Waals surface area contributed by atoms with Gasteiger partial charge in [0.05, 0.1) is 31.8 Å². The predicted octanol–water partition coefficient (Wildman–Crippen LogP) is 5.77. The van der Waals surface area contributed by atoms with E-state index >= 15 is 0 Å². The Morgan fingerprint density at radius 1 is 0.912 bits per heavy atom. The quantitative estimate of drug-likeness (QED) is 0.126. The molecule has 0 amide bonds. The van der Waals surface area contributed by atoms with Crippen molar-refractivity contribution in [2.45, 2.75) is 6.42 Å². The Morgan fingerprint density at radius 3 is 2.21 bits per heavy atom. The summed E-state index contributed by atoms with van der Waals surface area (Å²) in [5.41, 5.74) is 2.70. The summed E-state index contributed by atoms with van der Waals surface area (Å²) in [4.78, 5) is 23.1. The molecule has 0 radical (unpaired) electrons. The minimum atomic E-state index is -0.551. The first-order valence-corrected chi connectivity index (χ1v) is 10.5. The van der Waals surface area contributed by atoms with E-state index in [-0.39, 0.29) is 11.3 Å². The summed E-state index contributed by atoms with van der Waals surface area (Å²) in [5, 5.41) is 11.2. The molecule has 0 bridgehead atoms. The second-order valence-electron chi connectivity index (χ2n) is 7.24. The van der Waals surface area contributed by atoms with Crippen LogP contribution in [0.15, 0.2) is 72.8 Å². The molecule has 174 valence electrons. The molecule has 0 saturated heterocycles. The van der Waals surface area contributed by atoms with Gasteiger partial charge in [-0.25, -0.2) is 0 Å². The number of nitro benzene ring substituents is 1. The second-order valence-corrected chi connectivity index (χ2v) is 7.24. The molecule has 0 aromatic heterocycles. The zero-order valence-corrected chi connectivity index (χ0v) is 19.2. The maximum absolute atomic E-state index is 12.5. The maximum Gasteiger partial charge on any atom is 0.280 e. The van der Waals surface area contributed by atoms with Crippen LogP contribution in [0.4, 0.5) is 5.69 Å². The van der Waals surface area contributed by atoms with Crippen LogP contribution < -0.4 is 14.2 Å². The summed E-state index contributed by atoms with van der Waals surface area (Å²) in [6.07, 6.45) is 7.48. The molecular formula is C27H25NO6. The number of ketones is 1. The highest BCUT2D eigenvalue weighted by Crippen LogP contribution is 2.38. The Morgan fingerprint density at radius 2 is 1.56 bits per heavy atom. The standard InChI is InChI=1S/C27H25NO6/c1-32-25-17-19(18-26(33-2)27(25)34-3)15-16-21-10-5-4-9-20(21)11-8-14-24(29)22-12-6-7-13-23(22)28(30)31/h4-10,12-18H,11H2,1-3H3/b14-8-,16-15-. The monoisotopic (exact) mass is 459 g/mol. The minimum absolute atomic E-state index is 0.0688. The van der Waals surface area contributed by atoms with E-state index in [2.05, 4.69) is 0 Å². The van der Waals surface area contributed by atoms with Crippen LogP contribution in [0, 0.1) is 10.1 Å². The molecule has 0 heterocycles. The number of nitro groups is 1. The predicted molar refractivity (Wildman–Crippen MR) is 132 cm³/mol. The van der Waals surface area contributed by atoms with Crippen molar-refractivity contribution in [2.24, 2.45) is 0 Å². The number of nitrogens with zero attached hydrogens (tertiary/aromatic N) is 1. The molecule has 0 aliphatic carbocycles. The molecule has 7 nitrogen and oxygen atoms in total. The summed E-state index contributed by atoms with van der Waals surface area (Å²) >= 11 is 0. The summed E-state index contributed by atoms with van der Waals surface area (Å²) < 4.78 is 16.2. The van der Waals surface area contributed by atoms with E-state index in [0.29, 0.717) is 23.7 Å². The lowest BCUT2D eigenvalue weighted by Crippen LogP contribution is -2.01. The van der Waals surface area contributed by atoms with Gasteiger partial charge >= 0.3 is 0 Å². The van der Waals surface area contributed by atoms with Gasteiger partial charge in [-0.3, -0.25) is 14.9 Å².